The number of carbonyl (C=O) groups is 1. The number of rotatable bonds is 9. The molecule has 198 valence electrons. The average molecular weight is 519 g/mol. The van der Waals surface area contributed by atoms with Gasteiger partial charge in [-0.3, -0.25) is 19.8 Å². The van der Waals surface area contributed by atoms with E-state index in [9.17, 15) is 15.0 Å². The summed E-state index contributed by atoms with van der Waals surface area (Å²) < 4.78 is 15.7. The van der Waals surface area contributed by atoms with Crippen molar-refractivity contribution in [2.75, 3.05) is 26.6 Å². The zero-order chi connectivity index (χ0) is 27.1. The van der Waals surface area contributed by atoms with Gasteiger partial charge in [-0.2, -0.15) is 0 Å². The summed E-state index contributed by atoms with van der Waals surface area (Å²) in [5.41, 5.74) is 1.46. The fourth-order valence-electron chi connectivity index (χ4n) is 4.38. The lowest BCUT2D eigenvalue weighted by Crippen LogP contribution is -2.21. The molecule has 3 N–H and O–H groups in total. The van der Waals surface area contributed by atoms with E-state index in [-0.39, 0.29) is 35.4 Å². The molecule has 1 aromatic heterocycles. The minimum absolute atomic E-state index is 0.0175. The number of phenolic OH excluding ortho intramolecular Hbond substituents is 2. The number of aromatic nitrogens is 1. The van der Waals surface area contributed by atoms with Gasteiger partial charge in [-0.05, 0) is 37.1 Å². The average Bonchev–Trinajstić information content (AvgIpc) is 3.35. The molecule has 1 aliphatic rings. The molecule has 10 nitrogen and oxygen atoms in total. The number of carbonyl (C=O) groups excluding carboxylic acids is 1. The number of hydrogen-bond donors (Lipinski definition) is 3. The molecule has 4 rings (SSSR count). The second-order valence-electron chi connectivity index (χ2n) is 8.72. The predicted molar refractivity (Wildman–Crippen MR) is 144 cm³/mol. The largest absolute Gasteiger partial charge is 0.504 e. The van der Waals surface area contributed by atoms with E-state index < -0.39 is 0 Å². The molecule has 2 aromatic carbocycles. The lowest BCUT2D eigenvalue weighted by Gasteiger charge is -2.12. The first kappa shape index (κ1) is 26.5. The van der Waals surface area contributed by atoms with Gasteiger partial charge in [-0.15, -0.1) is 0 Å². The lowest BCUT2D eigenvalue weighted by atomic mass is 10.1. The second-order valence-corrected chi connectivity index (χ2v) is 8.72. The molecule has 1 aliphatic carbocycles. The first-order valence-corrected chi connectivity index (χ1v) is 12.0. The first-order valence-electron chi connectivity index (χ1n) is 12.0. The van der Waals surface area contributed by atoms with Crippen molar-refractivity contribution < 1.29 is 29.2 Å². The third-order valence-electron chi connectivity index (χ3n) is 6.44. The van der Waals surface area contributed by atoms with Crippen molar-refractivity contribution in [1.82, 2.24) is 4.98 Å². The van der Waals surface area contributed by atoms with Crippen LogP contribution >= 0.6 is 0 Å². The normalized spacial score (nSPS) is 19.1. The topological polar surface area (TPSA) is 135 Å². The fourth-order valence-corrected chi connectivity index (χ4v) is 4.38. The SMILES string of the molecule is COc1ccncc1NC(=O)C1C[C@H](N=Cc2cccc(OC)c2O)[C@H](N=Cc2cccc(OC)c2O)C1. The number of para-hydroxylation sites is 2. The molecule has 1 fully saturated rings. The molecule has 0 spiro atoms. The van der Waals surface area contributed by atoms with Gasteiger partial charge in [0.15, 0.2) is 23.0 Å². The highest BCUT2D eigenvalue weighted by molar-refractivity contribution is 5.94. The Labute approximate surface area is 220 Å². The van der Waals surface area contributed by atoms with Crippen LogP contribution in [0.4, 0.5) is 5.69 Å². The monoisotopic (exact) mass is 518 g/mol. The van der Waals surface area contributed by atoms with E-state index in [1.54, 1.807) is 61.1 Å². The zero-order valence-corrected chi connectivity index (χ0v) is 21.4. The highest BCUT2D eigenvalue weighted by Gasteiger charge is 2.37. The predicted octanol–water partition coefficient (Wildman–Crippen LogP) is 3.84. The fraction of sp³-hybridized carbons (Fsp3) is 0.286. The Morgan fingerprint density at radius 3 is 1.89 bits per heavy atom. The van der Waals surface area contributed by atoms with Crippen molar-refractivity contribution in [2.24, 2.45) is 15.9 Å². The number of amides is 1. The first-order chi connectivity index (χ1) is 18.4. The van der Waals surface area contributed by atoms with E-state index >= 15 is 0 Å². The summed E-state index contributed by atoms with van der Waals surface area (Å²) in [6.07, 6.45) is 7.12. The van der Waals surface area contributed by atoms with Gasteiger partial charge in [0, 0.05) is 41.7 Å². The molecule has 1 unspecified atom stereocenters. The molecule has 1 saturated carbocycles. The summed E-state index contributed by atoms with van der Waals surface area (Å²) in [6.45, 7) is 0. The number of nitrogens with one attached hydrogen (secondary N) is 1. The van der Waals surface area contributed by atoms with Crippen molar-refractivity contribution >= 4 is 24.0 Å². The molecule has 1 heterocycles. The Bertz CT molecular complexity index is 1270. The molecular formula is C28H30N4O6. The number of aliphatic imine (C=N–C) groups is 2. The Balaban J connectivity index is 1.59. The van der Waals surface area contributed by atoms with Crippen molar-refractivity contribution in [3.63, 3.8) is 0 Å². The van der Waals surface area contributed by atoms with Crippen LogP contribution in [0, 0.1) is 5.92 Å². The van der Waals surface area contributed by atoms with Crippen LogP contribution in [0.25, 0.3) is 0 Å². The van der Waals surface area contributed by atoms with Crippen LogP contribution in [-0.2, 0) is 4.79 Å². The number of methoxy groups -OCH3 is 3. The van der Waals surface area contributed by atoms with E-state index in [1.807, 2.05) is 0 Å². The third kappa shape index (κ3) is 5.86. The van der Waals surface area contributed by atoms with Crippen LogP contribution in [0.15, 0.2) is 64.8 Å². The third-order valence-corrected chi connectivity index (χ3v) is 6.44. The van der Waals surface area contributed by atoms with Crippen molar-refractivity contribution in [3.05, 3.63) is 66.0 Å². The van der Waals surface area contributed by atoms with Crippen LogP contribution in [-0.4, -0.2) is 66.9 Å². The quantitative estimate of drug-likeness (QED) is 0.366. The van der Waals surface area contributed by atoms with Gasteiger partial charge in [0.25, 0.3) is 0 Å². The maximum absolute atomic E-state index is 13.2. The van der Waals surface area contributed by atoms with Gasteiger partial charge in [0.05, 0.1) is 39.6 Å². The van der Waals surface area contributed by atoms with E-state index in [4.69, 9.17) is 24.2 Å². The minimum atomic E-state index is -0.387. The van der Waals surface area contributed by atoms with E-state index in [1.165, 1.54) is 27.5 Å². The summed E-state index contributed by atoms with van der Waals surface area (Å²) in [5.74, 6) is 0.575. The molecule has 3 atom stereocenters. The van der Waals surface area contributed by atoms with Gasteiger partial charge in [0.1, 0.15) is 11.4 Å². The van der Waals surface area contributed by atoms with Gasteiger partial charge in [-0.1, -0.05) is 12.1 Å². The molecule has 0 saturated heterocycles. The van der Waals surface area contributed by atoms with Crippen molar-refractivity contribution in [3.8, 4) is 28.7 Å². The second kappa shape index (κ2) is 12.1. The Morgan fingerprint density at radius 1 is 0.868 bits per heavy atom. The van der Waals surface area contributed by atoms with Gasteiger partial charge < -0.3 is 29.7 Å². The Morgan fingerprint density at radius 2 is 1.39 bits per heavy atom. The summed E-state index contributed by atoms with van der Waals surface area (Å²) in [5, 5.41) is 23.8. The highest BCUT2D eigenvalue weighted by Crippen LogP contribution is 2.35. The van der Waals surface area contributed by atoms with Gasteiger partial charge in [-0.25, -0.2) is 0 Å². The summed E-state index contributed by atoms with van der Waals surface area (Å²) >= 11 is 0. The number of anilines is 1. The Hall–Kier alpha value is -4.60. The minimum Gasteiger partial charge on any atom is -0.504 e. The van der Waals surface area contributed by atoms with Crippen LogP contribution in [0.5, 0.6) is 28.7 Å². The molecular weight excluding hydrogens is 488 g/mol. The molecule has 3 aromatic rings. The van der Waals surface area contributed by atoms with Crippen LogP contribution in [0.2, 0.25) is 0 Å². The summed E-state index contributed by atoms with van der Waals surface area (Å²) in [6, 6.07) is 11.2. The van der Waals surface area contributed by atoms with Gasteiger partial charge in [0.2, 0.25) is 5.91 Å². The highest BCUT2D eigenvalue weighted by atomic mass is 16.5. The number of ether oxygens (including phenoxy) is 3. The maximum Gasteiger partial charge on any atom is 0.227 e. The standard InChI is InChI=1S/C28H30N4O6/c1-36-23-10-11-29-16-22(23)32-28(35)19-12-20(30-14-17-6-4-8-24(37-2)26(17)33)21(13-19)31-15-18-7-5-9-25(38-3)27(18)34/h4-11,14-16,19-21,33-34H,12-13H2,1-3H3,(H,32,35)/t19?,20-,21+. The number of hydrogen-bond acceptors (Lipinski definition) is 9. The van der Waals surface area contributed by atoms with Crippen LogP contribution in [0.1, 0.15) is 24.0 Å². The van der Waals surface area contributed by atoms with Crippen LogP contribution in [0.3, 0.4) is 0 Å². The number of nitrogens with zero attached hydrogens (tertiary/aromatic N) is 3. The Kier molecular flexibility index (Phi) is 8.42. The van der Waals surface area contributed by atoms with E-state index in [0.717, 1.165) is 0 Å². The number of pyridine rings is 1. The molecule has 10 heteroatoms. The molecule has 0 aliphatic heterocycles. The summed E-state index contributed by atoms with van der Waals surface area (Å²) in [7, 11) is 4.48. The smallest absolute Gasteiger partial charge is 0.227 e. The van der Waals surface area contributed by atoms with Crippen LogP contribution < -0.4 is 19.5 Å². The molecule has 1 amide bonds. The zero-order valence-electron chi connectivity index (χ0n) is 21.4. The van der Waals surface area contributed by atoms with E-state index in [0.29, 0.717) is 46.9 Å². The number of benzene rings is 2. The van der Waals surface area contributed by atoms with Gasteiger partial charge >= 0.3 is 0 Å². The summed E-state index contributed by atoms with van der Waals surface area (Å²) in [4.78, 5) is 26.6. The number of aromatic hydroxyl groups is 2. The number of phenols is 2. The lowest BCUT2D eigenvalue weighted by molar-refractivity contribution is -0.119. The van der Waals surface area contributed by atoms with Crippen molar-refractivity contribution in [1.29, 1.82) is 0 Å². The van der Waals surface area contributed by atoms with E-state index in [2.05, 4.69) is 10.3 Å². The molecule has 0 radical (unpaired) electrons. The maximum atomic E-state index is 13.2. The molecule has 38 heavy (non-hydrogen) atoms. The van der Waals surface area contributed by atoms with Crippen molar-refractivity contribution in [2.45, 2.75) is 24.9 Å². The molecule has 0 bridgehead atoms.